The van der Waals surface area contributed by atoms with Gasteiger partial charge in [0.15, 0.2) is 5.16 Å². The number of carbonyl (C=O) groups excluding carboxylic acids is 1. The molecule has 5 nitrogen and oxygen atoms in total. The molecule has 3 rings (SSSR count). The van der Waals surface area contributed by atoms with Gasteiger partial charge >= 0.3 is 0 Å². The van der Waals surface area contributed by atoms with Crippen molar-refractivity contribution >= 4 is 23.4 Å². The van der Waals surface area contributed by atoms with E-state index in [4.69, 9.17) is 4.74 Å². The van der Waals surface area contributed by atoms with Crippen LogP contribution < -0.4 is 10.1 Å². The topological polar surface area (TPSA) is 56.1 Å². The Morgan fingerprint density at radius 1 is 1.23 bits per heavy atom. The van der Waals surface area contributed by atoms with Crippen LogP contribution in [-0.2, 0) is 4.79 Å². The summed E-state index contributed by atoms with van der Waals surface area (Å²) >= 11 is 1.40. The van der Waals surface area contributed by atoms with Crippen LogP contribution in [0.15, 0.2) is 60.0 Å². The number of carbonyl (C=O) groups is 1. The molecular weight excluding hydrogens is 346 g/mol. The number of nitrogens with zero attached hydrogens (tertiary/aromatic N) is 2. The van der Waals surface area contributed by atoms with Crippen molar-refractivity contribution in [3.8, 4) is 11.4 Å². The molecule has 6 heteroatoms. The number of amides is 1. The Labute approximate surface area is 157 Å². The van der Waals surface area contributed by atoms with Gasteiger partial charge in [0, 0.05) is 12.4 Å². The number of para-hydroxylation sites is 2. The number of methoxy groups -OCH3 is 1. The molecule has 0 aliphatic rings. The number of imidazole rings is 1. The van der Waals surface area contributed by atoms with E-state index < -0.39 is 0 Å². The van der Waals surface area contributed by atoms with Crippen molar-refractivity contribution in [2.45, 2.75) is 19.0 Å². The predicted molar refractivity (Wildman–Crippen MR) is 105 cm³/mol. The lowest BCUT2D eigenvalue weighted by Gasteiger charge is -2.12. The predicted octanol–water partition coefficient (Wildman–Crippen LogP) is 4.23. The van der Waals surface area contributed by atoms with E-state index in [1.54, 1.807) is 13.3 Å². The Morgan fingerprint density at radius 3 is 2.81 bits per heavy atom. The van der Waals surface area contributed by atoms with E-state index in [1.165, 1.54) is 22.9 Å². The molecule has 0 aliphatic carbocycles. The van der Waals surface area contributed by atoms with Gasteiger partial charge in [-0.3, -0.25) is 9.36 Å². The maximum absolute atomic E-state index is 12.3. The number of hydrogen-bond donors (Lipinski definition) is 1. The molecule has 1 heterocycles. The zero-order valence-electron chi connectivity index (χ0n) is 15.0. The lowest BCUT2D eigenvalue weighted by molar-refractivity contribution is -0.113. The van der Waals surface area contributed by atoms with Crippen LogP contribution in [0.25, 0.3) is 5.69 Å². The van der Waals surface area contributed by atoms with Crippen LogP contribution in [0.2, 0.25) is 0 Å². The Balaban J connectivity index is 1.69. The summed E-state index contributed by atoms with van der Waals surface area (Å²) in [6.07, 6.45) is 3.66. The number of thioether (sulfide) groups is 1. The van der Waals surface area contributed by atoms with E-state index >= 15 is 0 Å². The molecule has 0 aliphatic heterocycles. The molecule has 1 aromatic heterocycles. The average molecular weight is 367 g/mol. The maximum Gasteiger partial charge on any atom is 0.234 e. The standard InChI is InChI=1S/C20H21N3O2S/c1-14-8-9-17(15(2)12-14)23-11-10-21-20(23)26-13-19(24)22-16-6-4-5-7-18(16)25-3/h4-12H,13H2,1-3H3,(H,22,24). The molecule has 0 radical (unpaired) electrons. The minimum absolute atomic E-state index is 0.102. The van der Waals surface area contributed by atoms with E-state index in [0.29, 0.717) is 11.4 Å². The number of anilines is 1. The minimum Gasteiger partial charge on any atom is -0.495 e. The molecule has 1 amide bonds. The summed E-state index contributed by atoms with van der Waals surface area (Å²) in [6.45, 7) is 4.15. The molecule has 0 bridgehead atoms. The first-order valence-corrected chi connectivity index (χ1v) is 9.23. The van der Waals surface area contributed by atoms with Crippen LogP contribution in [0, 0.1) is 13.8 Å². The van der Waals surface area contributed by atoms with Gasteiger partial charge in [-0.25, -0.2) is 4.98 Å². The zero-order valence-corrected chi connectivity index (χ0v) is 15.8. The molecule has 1 N–H and O–H groups in total. The SMILES string of the molecule is COc1ccccc1NC(=O)CSc1nccn1-c1ccc(C)cc1C. The van der Waals surface area contributed by atoms with Gasteiger partial charge in [-0.05, 0) is 37.6 Å². The van der Waals surface area contributed by atoms with Crippen LogP contribution in [0.5, 0.6) is 5.75 Å². The highest BCUT2D eigenvalue weighted by molar-refractivity contribution is 7.99. The van der Waals surface area contributed by atoms with E-state index in [0.717, 1.165) is 10.8 Å². The third-order valence-corrected chi connectivity index (χ3v) is 4.90. The molecule has 0 saturated carbocycles. The fourth-order valence-electron chi connectivity index (χ4n) is 2.72. The van der Waals surface area contributed by atoms with Crippen molar-refractivity contribution in [3.05, 3.63) is 66.0 Å². The van der Waals surface area contributed by atoms with Gasteiger partial charge in [0.25, 0.3) is 0 Å². The van der Waals surface area contributed by atoms with Crippen LogP contribution in [0.4, 0.5) is 5.69 Å². The molecule has 2 aromatic carbocycles. The molecule has 134 valence electrons. The van der Waals surface area contributed by atoms with Gasteiger partial charge in [-0.1, -0.05) is 41.6 Å². The highest BCUT2D eigenvalue weighted by atomic mass is 32.2. The van der Waals surface area contributed by atoms with Crippen LogP contribution in [0.1, 0.15) is 11.1 Å². The number of benzene rings is 2. The Hall–Kier alpha value is -2.73. The molecule has 0 atom stereocenters. The first-order chi connectivity index (χ1) is 12.6. The molecule has 26 heavy (non-hydrogen) atoms. The van der Waals surface area contributed by atoms with Crippen molar-refractivity contribution in [3.63, 3.8) is 0 Å². The number of rotatable bonds is 6. The number of aromatic nitrogens is 2. The van der Waals surface area contributed by atoms with Gasteiger partial charge in [0.05, 0.1) is 24.2 Å². The maximum atomic E-state index is 12.3. The first kappa shape index (κ1) is 18.1. The Bertz CT molecular complexity index is 921. The fourth-order valence-corrected chi connectivity index (χ4v) is 3.49. The normalized spacial score (nSPS) is 10.6. The molecule has 0 spiro atoms. The van der Waals surface area contributed by atoms with Crippen LogP contribution in [0.3, 0.4) is 0 Å². The van der Waals surface area contributed by atoms with Crippen LogP contribution in [-0.4, -0.2) is 28.3 Å². The Kier molecular flexibility index (Phi) is 5.63. The van der Waals surface area contributed by atoms with Gasteiger partial charge in [0.2, 0.25) is 5.91 Å². The van der Waals surface area contributed by atoms with Crippen molar-refractivity contribution in [2.24, 2.45) is 0 Å². The van der Waals surface area contributed by atoms with E-state index in [9.17, 15) is 4.79 Å². The average Bonchev–Trinajstić information content (AvgIpc) is 3.09. The highest BCUT2D eigenvalue weighted by Gasteiger charge is 2.12. The second-order valence-electron chi connectivity index (χ2n) is 5.91. The van der Waals surface area contributed by atoms with Gasteiger partial charge in [-0.15, -0.1) is 0 Å². The van der Waals surface area contributed by atoms with E-state index in [-0.39, 0.29) is 11.7 Å². The largest absolute Gasteiger partial charge is 0.495 e. The monoisotopic (exact) mass is 367 g/mol. The number of nitrogens with one attached hydrogen (secondary N) is 1. The quantitative estimate of drug-likeness (QED) is 0.663. The summed E-state index contributed by atoms with van der Waals surface area (Å²) in [5, 5.41) is 3.66. The summed E-state index contributed by atoms with van der Waals surface area (Å²) in [5.41, 5.74) is 4.12. The molecule has 0 unspecified atom stereocenters. The van der Waals surface area contributed by atoms with Crippen LogP contribution >= 0.6 is 11.8 Å². The molecule has 0 fully saturated rings. The smallest absolute Gasteiger partial charge is 0.234 e. The third-order valence-electron chi connectivity index (χ3n) is 3.93. The number of aryl methyl sites for hydroxylation is 2. The summed E-state index contributed by atoms with van der Waals surface area (Å²) in [6, 6.07) is 13.6. The Morgan fingerprint density at radius 2 is 2.04 bits per heavy atom. The third kappa shape index (κ3) is 4.08. The summed E-state index contributed by atoms with van der Waals surface area (Å²) in [5.74, 6) is 0.803. The minimum atomic E-state index is -0.102. The fraction of sp³-hybridized carbons (Fsp3) is 0.200. The molecule has 3 aromatic rings. The summed E-state index contributed by atoms with van der Waals surface area (Å²) in [7, 11) is 1.58. The highest BCUT2D eigenvalue weighted by Crippen LogP contribution is 2.25. The lowest BCUT2D eigenvalue weighted by atomic mass is 10.1. The van der Waals surface area contributed by atoms with Crippen molar-refractivity contribution in [1.82, 2.24) is 9.55 Å². The van der Waals surface area contributed by atoms with Crippen molar-refractivity contribution in [1.29, 1.82) is 0 Å². The lowest BCUT2D eigenvalue weighted by Crippen LogP contribution is -2.15. The second-order valence-corrected chi connectivity index (χ2v) is 6.85. The number of ether oxygens (including phenoxy) is 1. The van der Waals surface area contributed by atoms with Crippen molar-refractivity contribution in [2.75, 3.05) is 18.2 Å². The molecule has 0 saturated heterocycles. The molecular formula is C20H21N3O2S. The number of hydrogen-bond acceptors (Lipinski definition) is 4. The second kappa shape index (κ2) is 8.10. The first-order valence-electron chi connectivity index (χ1n) is 8.25. The van der Waals surface area contributed by atoms with E-state index in [1.807, 2.05) is 35.0 Å². The summed E-state index contributed by atoms with van der Waals surface area (Å²) < 4.78 is 7.27. The van der Waals surface area contributed by atoms with E-state index in [2.05, 4.69) is 42.3 Å². The van der Waals surface area contributed by atoms with Crippen molar-refractivity contribution < 1.29 is 9.53 Å². The van der Waals surface area contributed by atoms with Gasteiger partial charge < -0.3 is 10.1 Å². The zero-order chi connectivity index (χ0) is 18.5. The van der Waals surface area contributed by atoms with Gasteiger partial charge in [-0.2, -0.15) is 0 Å². The summed E-state index contributed by atoms with van der Waals surface area (Å²) in [4.78, 5) is 16.7. The van der Waals surface area contributed by atoms with Gasteiger partial charge in [0.1, 0.15) is 5.75 Å².